The first-order valence-corrected chi connectivity index (χ1v) is 14.1. The molecule has 1 aliphatic heterocycles. The number of rotatable bonds is 3. The van der Waals surface area contributed by atoms with Gasteiger partial charge in [-0.1, -0.05) is 123 Å². The lowest BCUT2D eigenvalue weighted by Crippen LogP contribution is -2.24. The van der Waals surface area contributed by atoms with E-state index in [1.165, 1.54) is 27.8 Å². The molecule has 8 rings (SSSR count). The Morgan fingerprint density at radius 2 is 1.05 bits per heavy atom. The number of furan rings is 1. The maximum Gasteiger partial charge on any atom is 0.178 e. The lowest BCUT2D eigenvalue weighted by Gasteiger charge is -2.34. The summed E-state index contributed by atoms with van der Waals surface area (Å²) in [7, 11) is 0. The Labute approximate surface area is 239 Å². The van der Waals surface area contributed by atoms with Gasteiger partial charge in [-0.25, -0.2) is 0 Å². The van der Waals surface area contributed by atoms with Crippen molar-refractivity contribution in [3.05, 3.63) is 145 Å². The molecule has 1 aromatic heterocycles. The van der Waals surface area contributed by atoms with Gasteiger partial charge in [0, 0.05) is 27.3 Å². The van der Waals surface area contributed by atoms with Crippen LogP contribution < -0.4 is 4.74 Å². The maximum absolute atomic E-state index is 6.67. The largest absolute Gasteiger partial charge is 0.453 e. The molecule has 2 nitrogen and oxygen atoms in total. The van der Waals surface area contributed by atoms with Crippen LogP contribution in [0, 0.1) is 0 Å². The third-order valence-corrected chi connectivity index (χ3v) is 8.56. The summed E-state index contributed by atoms with van der Waals surface area (Å²) in [6.45, 7) is 4.53. The van der Waals surface area contributed by atoms with E-state index in [4.69, 9.17) is 9.15 Å². The summed E-state index contributed by atoms with van der Waals surface area (Å²) in [5, 5.41) is 2.20. The molecule has 41 heavy (non-hydrogen) atoms. The minimum absolute atomic E-state index is 0.220. The van der Waals surface area contributed by atoms with Gasteiger partial charge in [0.15, 0.2) is 11.3 Å². The van der Waals surface area contributed by atoms with Gasteiger partial charge >= 0.3 is 0 Å². The van der Waals surface area contributed by atoms with Crippen LogP contribution in [0.25, 0.3) is 55.3 Å². The Hall–Kier alpha value is -5.08. The molecule has 0 N–H and O–H groups in total. The molecule has 6 aromatic carbocycles. The zero-order valence-electron chi connectivity index (χ0n) is 23.0. The van der Waals surface area contributed by atoms with Crippen LogP contribution in [0.1, 0.15) is 25.0 Å². The SMILES string of the molecule is CC1(C)c2ccc(-c3ccc(-c4cccc(-c5ccccc5)c4)cc3)cc2Oc2c1ccc1c2oc2ccccc21. The number of fused-ring (bicyclic) bond motifs is 6. The number of hydrogen-bond donors (Lipinski definition) is 0. The van der Waals surface area contributed by atoms with Crippen LogP contribution in [0.2, 0.25) is 0 Å². The molecule has 0 spiro atoms. The Morgan fingerprint density at radius 1 is 0.463 bits per heavy atom. The van der Waals surface area contributed by atoms with Crippen molar-refractivity contribution in [3.8, 4) is 44.9 Å². The van der Waals surface area contributed by atoms with Crippen LogP contribution >= 0.6 is 0 Å². The van der Waals surface area contributed by atoms with E-state index in [1.807, 2.05) is 18.2 Å². The standard InChI is InChI=1S/C39H28O2/c1-39(2)33-21-19-30(24-36(33)41-38-34(39)22-20-32-31-13-6-7-14-35(31)40-37(32)38)27-17-15-26(16-18-27)29-12-8-11-28(23-29)25-9-4-3-5-10-25/h3-24H,1-2H3. The molecule has 0 aliphatic carbocycles. The molecule has 0 atom stereocenters. The molecule has 0 bridgehead atoms. The third-order valence-electron chi connectivity index (χ3n) is 8.56. The van der Waals surface area contributed by atoms with E-state index in [0.717, 1.165) is 50.1 Å². The van der Waals surface area contributed by atoms with Crippen LogP contribution in [-0.2, 0) is 5.41 Å². The Kier molecular flexibility index (Phi) is 5.20. The summed E-state index contributed by atoms with van der Waals surface area (Å²) in [6, 6.07) is 47.2. The van der Waals surface area contributed by atoms with E-state index < -0.39 is 0 Å². The first-order chi connectivity index (χ1) is 20.1. The second kappa shape index (κ2) is 8.97. The zero-order chi connectivity index (χ0) is 27.6. The van der Waals surface area contributed by atoms with Crippen LogP contribution in [0.3, 0.4) is 0 Å². The van der Waals surface area contributed by atoms with Crippen molar-refractivity contribution in [1.82, 2.24) is 0 Å². The van der Waals surface area contributed by atoms with Crippen molar-refractivity contribution >= 4 is 21.9 Å². The van der Waals surface area contributed by atoms with Crippen molar-refractivity contribution in [2.45, 2.75) is 19.3 Å². The highest BCUT2D eigenvalue weighted by Crippen LogP contribution is 2.52. The van der Waals surface area contributed by atoms with Gasteiger partial charge in [0.2, 0.25) is 0 Å². The van der Waals surface area contributed by atoms with Crippen molar-refractivity contribution in [1.29, 1.82) is 0 Å². The van der Waals surface area contributed by atoms with E-state index in [2.05, 4.69) is 129 Å². The molecule has 196 valence electrons. The van der Waals surface area contributed by atoms with E-state index in [9.17, 15) is 0 Å². The molecule has 2 heterocycles. The first kappa shape index (κ1) is 23.8. The third kappa shape index (κ3) is 3.79. The van der Waals surface area contributed by atoms with Crippen LogP contribution in [0.5, 0.6) is 11.5 Å². The zero-order valence-corrected chi connectivity index (χ0v) is 23.0. The lowest BCUT2D eigenvalue weighted by atomic mass is 9.75. The highest BCUT2D eigenvalue weighted by Gasteiger charge is 2.36. The number of benzene rings is 6. The second-order valence-corrected chi connectivity index (χ2v) is 11.4. The van der Waals surface area contributed by atoms with E-state index in [-0.39, 0.29) is 5.41 Å². The van der Waals surface area contributed by atoms with Gasteiger partial charge in [0.1, 0.15) is 11.3 Å². The molecule has 7 aromatic rings. The number of hydrogen-bond acceptors (Lipinski definition) is 2. The van der Waals surface area contributed by atoms with Gasteiger partial charge in [-0.2, -0.15) is 0 Å². The number of para-hydroxylation sites is 1. The van der Waals surface area contributed by atoms with Gasteiger partial charge in [-0.05, 0) is 57.6 Å². The highest BCUT2D eigenvalue weighted by atomic mass is 16.5. The summed E-state index contributed by atoms with van der Waals surface area (Å²) >= 11 is 0. The van der Waals surface area contributed by atoms with Crippen molar-refractivity contribution < 1.29 is 9.15 Å². The van der Waals surface area contributed by atoms with Crippen LogP contribution in [0.4, 0.5) is 0 Å². The topological polar surface area (TPSA) is 22.4 Å². The fourth-order valence-electron chi connectivity index (χ4n) is 6.28. The van der Waals surface area contributed by atoms with Gasteiger partial charge in [0.05, 0.1) is 0 Å². The molecule has 0 saturated heterocycles. The summed E-state index contributed by atoms with van der Waals surface area (Å²) in [4.78, 5) is 0. The summed E-state index contributed by atoms with van der Waals surface area (Å²) in [5.41, 5.74) is 10.9. The fourth-order valence-corrected chi connectivity index (χ4v) is 6.28. The minimum atomic E-state index is -0.220. The molecule has 0 fully saturated rings. The average molecular weight is 529 g/mol. The van der Waals surface area contributed by atoms with Gasteiger partial charge < -0.3 is 9.15 Å². The predicted octanol–water partition coefficient (Wildman–Crippen LogP) is 11.0. The molecule has 0 unspecified atom stereocenters. The van der Waals surface area contributed by atoms with Crippen molar-refractivity contribution in [2.75, 3.05) is 0 Å². The first-order valence-electron chi connectivity index (χ1n) is 14.1. The van der Waals surface area contributed by atoms with Crippen molar-refractivity contribution in [2.24, 2.45) is 0 Å². The summed E-state index contributed by atoms with van der Waals surface area (Å²) < 4.78 is 13.0. The summed E-state index contributed by atoms with van der Waals surface area (Å²) in [6.07, 6.45) is 0. The second-order valence-electron chi connectivity index (χ2n) is 11.4. The van der Waals surface area contributed by atoms with Gasteiger partial charge in [-0.15, -0.1) is 0 Å². The van der Waals surface area contributed by atoms with E-state index >= 15 is 0 Å². The van der Waals surface area contributed by atoms with Crippen LogP contribution in [-0.4, -0.2) is 0 Å². The van der Waals surface area contributed by atoms with Crippen LogP contribution in [0.15, 0.2) is 138 Å². The monoisotopic (exact) mass is 528 g/mol. The average Bonchev–Trinajstić information content (AvgIpc) is 3.41. The Balaban J connectivity index is 1.16. The maximum atomic E-state index is 6.67. The fraction of sp³-hybridized carbons (Fsp3) is 0.0769. The van der Waals surface area contributed by atoms with Crippen molar-refractivity contribution in [3.63, 3.8) is 0 Å². The summed E-state index contributed by atoms with van der Waals surface area (Å²) in [5.74, 6) is 1.70. The molecule has 1 aliphatic rings. The molecule has 2 heteroatoms. The molecular formula is C39H28O2. The minimum Gasteiger partial charge on any atom is -0.453 e. The molecule has 0 amide bonds. The molecule has 0 saturated carbocycles. The normalized spacial score (nSPS) is 13.5. The molecule has 0 radical (unpaired) electrons. The van der Waals surface area contributed by atoms with Gasteiger partial charge in [-0.3, -0.25) is 0 Å². The highest BCUT2D eigenvalue weighted by molar-refractivity contribution is 6.07. The van der Waals surface area contributed by atoms with E-state index in [1.54, 1.807) is 0 Å². The van der Waals surface area contributed by atoms with E-state index in [0.29, 0.717) is 0 Å². The Bertz CT molecular complexity index is 2080. The molecular weight excluding hydrogens is 500 g/mol. The lowest BCUT2D eigenvalue weighted by molar-refractivity contribution is 0.415. The smallest absolute Gasteiger partial charge is 0.178 e. The number of ether oxygens (including phenoxy) is 1. The Morgan fingerprint density at radius 3 is 1.80 bits per heavy atom. The quantitative estimate of drug-likeness (QED) is 0.228. The predicted molar refractivity (Wildman–Crippen MR) is 169 cm³/mol. The van der Waals surface area contributed by atoms with Gasteiger partial charge in [0.25, 0.3) is 0 Å².